The number of carbonyl (C=O) groups is 1. The van der Waals surface area contributed by atoms with Gasteiger partial charge in [-0.1, -0.05) is 18.2 Å². The molecule has 2 aromatic rings. The first kappa shape index (κ1) is 16.3. The van der Waals surface area contributed by atoms with Crippen LogP contribution in [0.4, 0.5) is 0 Å². The number of nitrogens with one attached hydrogen (secondary N) is 1. The van der Waals surface area contributed by atoms with Gasteiger partial charge < -0.3 is 14.8 Å². The van der Waals surface area contributed by atoms with Crippen molar-refractivity contribution in [3.8, 4) is 0 Å². The third-order valence-electron chi connectivity index (χ3n) is 7.02. The van der Waals surface area contributed by atoms with E-state index in [1.807, 2.05) is 0 Å². The van der Waals surface area contributed by atoms with Crippen LogP contribution in [-0.2, 0) is 16.0 Å². The van der Waals surface area contributed by atoms with Crippen LogP contribution in [0.1, 0.15) is 43.0 Å². The number of H-pyrrole nitrogens is 1. The highest BCUT2D eigenvalue weighted by Gasteiger charge is 2.49. The van der Waals surface area contributed by atoms with E-state index >= 15 is 0 Å². The second-order valence-corrected chi connectivity index (χ2v) is 8.07. The fraction of sp³-hybridized carbons (Fsp3) is 0.571. The largest absolute Gasteiger partial charge is 0.469 e. The Bertz CT molecular complexity index is 845. The van der Waals surface area contributed by atoms with Crippen molar-refractivity contribution in [1.82, 2.24) is 9.88 Å². The van der Waals surface area contributed by atoms with Gasteiger partial charge in [-0.2, -0.15) is 0 Å². The summed E-state index contributed by atoms with van der Waals surface area (Å²) in [5.41, 5.74) is 4.08. The molecule has 3 aliphatic rings. The molecule has 3 heterocycles. The van der Waals surface area contributed by atoms with Gasteiger partial charge in [-0.3, -0.25) is 9.69 Å². The van der Waals surface area contributed by atoms with E-state index in [1.165, 1.54) is 29.3 Å². The molecule has 5 rings (SSSR count). The van der Waals surface area contributed by atoms with E-state index in [-0.39, 0.29) is 17.8 Å². The number of carbonyl (C=O) groups excluding carboxylic acids is 1. The van der Waals surface area contributed by atoms with Gasteiger partial charge in [-0.05, 0) is 43.7 Å². The summed E-state index contributed by atoms with van der Waals surface area (Å²) in [4.78, 5) is 18.3. The summed E-state index contributed by atoms with van der Waals surface area (Å²) in [5.74, 6) is -0.434. The number of hydrogen-bond donors (Lipinski definition) is 2. The maximum atomic E-state index is 12.0. The molecule has 0 amide bonds. The molecule has 1 saturated carbocycles. The number of nitrogens with zero attached hydrogens (tertiary/aromatic N) is 1. The summed E-state index contributed by atoms with van der Waals surface area (Å²) in [5, 5.41) is 12.2. The molecule has 5 nitrogen and oxygen atoms in total. The number of fused-ring (bicyclic) bond motifs is 7. The molecule has 5 atom stereocenters. The zero-order chi connectivity index (χ0) is 17.8. The molecule has 1 aromatic carbocycles. The quantitative estimate of drug-likeness (QED) is 0.773. The Hall–Kier alpha value is -1.85. The highest BCUT2D eigenvalue weighted by atomic mass is 16.5. The molecule has 0 bridgehead atoms. The fourth-order valence-corrected chi connectivity index (χ4v) is 5.84. The number of para-hydroxylation sites is 1. The predicted molar refractivity (Wildman–Crippen MR) is 98.7 cm³/mol. The lowest BCUT2D eigenvalue weighted by Crippen LogP contribution is -2.57. The molecule has 2 unspecified atom stereocenters. The van der Waals surface area contributed by atoms with Gasteiger partial charge in [0.1, 0.15) is 0 Å². The minimum absolute atomic E-state index is 0.176. The van der Waals surface area contributed by atoms with Crippen molar-refractivity contribution < 1.29 is 14.6 Å². The maximum absolute atomic E-state index is 12.0. The van der Waals surface area contributed by atoms with Crippen LogP contribution in [-0.4, -0.2) is 46.8 Å². The average molecular weight is 354 g/mol. The summed E-state index contributed by atoms with van der Waals surface area (Å²) < 4.78 is 4.91. The molecule has 1 aromatic heterocycles. The number of aromatic amines is 1. The smallest absolute Gasteiger partial charge is 0.311 e. The summed E-state index contributed by atoms with van der Waals surface area (Å²) in [6, 6.07) is 9.36. The van der Waals surface area contributed by atoms with Gasteiger partial charge in [0.25, 0.3) is 0 Å². The lowest BCUT2D eigenvalue weighted by molar-refractivity contribution is -0.158. The summed E-state index contributed by atoms with van der Waals surface area (Å²) >= 11 is 0. The van der Waals surface area contributed by atoms with Crippen LogP contribution in [0.15, 0.2) is 24.3 Å². The molecule has 2 aliphatic heterocycles. The Morgan fingerprint density at radius 1 is 1.23 bits per heavy atom. The molecule has 1 saturated heterocycles. The van der Waals surface area contributed by atoms with Gasteiger partial charge in [0, 0.05) is 35.1 Å². The standard InChI is InChI=1S/C21H26N2O3/c1-26-21(25)15-7-8-17-14(20(15)24)6-9-18-19-13(10-11-23(17)18)12-4-2-3-5-16(12)22-19/h2-5,14-15,17-18,20,22,24H,6-11H2,1H3/t14-,15?,17+,18+,20?/m0/s1. The Kier molecular flexibility index (Phi) is 3.83. The van der Waals surface area contributed by atoms with Gasteiger partial charge in [-0.25, -0.2) is 0 Å². The van der Waals surface area contributed by atoms with Crippen molar-refractivity contribution in [2.45, 2.75) is 50.3 Å². The van der Waals surface area contributed by atoms with Crippen molar-refractivity contribution in [2.75, 3.05) is 13.7 Å². The van der Waals surface area contributed by atoms with E-state index in [2.05, 4.69) is 34.1 Å². The third kappa shape index (κ3) is 2.26. The number of aromatic nitrogens is 1. The molecule has 1 aliphatic carbocycles. The van der Waals surface area contributed by atoms with Crippen LogP contribution in [0.5, 0.6) is 0 Å². The van der Waals surface area contributed by atoms with Crippen molar-refractivity contribution in [3.63, 3.8) is 0 Å². The minimum Gasteiger partial charge on any atom is -0.469 e. The molecule has 138 valence electrons. The average Bonchev–Trinajstić information content (AvgIpc) is 3.06. The SMILES string of the molecule is COC(=O)C1CC[C@@H]2[C@H](CC[C@@H]3c4[nH]c5ccccc5c4CCN32)C1O. The number of hydrogen-bond acceptors (Lipinski definition) is 4. The van der Waals surface area contributed by atoms with Gasteiger partial charge in [-0.15, -0.1) is 0 Å². The second-order valence-electron chi connectivity index (χ2n) is 8.07. The first-order valence-electron chi connectivity index (χ1n) is 9.80. The lowest BCUT2D eigenvalue weighted by atomic mass is 9.69. The van der Waals surface area contributed by atoms with E-state index in [9.17, 15) is 9.90 Å². The number of rotatable bonds is 1. The van der Waals surface area contributed by atoms with Crippen LogP contribution in [0, 0.1) is 11.8 Å². The Morgan fingerprint density at radius 2 is 2.08 bits per heavy atom. The number of ether oxygens (including phenoxy) is 1. The maximum Gasteiger partial charge on any atom is 0.311 e. The third-order valence-corrected chi connectivity index (χ3v) is 7.02. The van der Waals surface area contributed by atoms with Gasteiger partial charge in [0.2, 0.25) is 0 Å². The minimum atomic E-state index is -0.578. The van der Waals surface area contributed by atoms with Gasteiger partial charge in [0.15, 0.2) is 0 Å². The molecule has 0 spiro atoms. The predicted octanol–water partition coefficient (Wildman–Crippen LogP) is 2.79. The lowest BCUT2D eigenvalue weighted by Gasteiger charge is -2.52. The Morgan fingerprint density at radius 3 is 2.92 bits per heavy atom. The highest BCUT2D eigenvalue weighted by molar-refractivity contribution is 5.85. The number of benzene rings is 1. The topological polar surface area (TPSA) is 65.6 Å². The highest BCUT2D eigenvalue weighted by Crippen LogP contribution is 2.48. The van der Waals surface area contributed by atoms with Gasteiger partial charge >= 0.3 is 5.97 Å². The Balaban J connectivity index is 1.45. The monoisotopic (exact) mass is 354 g/mol. The van der Waals surface area contributed by atoms with Crippen LogP contribution in [0.2, 0.25) is 0 Å². The van der Waals surface area contributed by atoms with E-state index in [4.69, 9.17) is 4.74 Å². The number of aliphatic hydroxyl groups is 1. The van der Waals surface area contributed by atoms with E-state index in [0.717, 1.165) is 38.6 Å². The molecule has 0 radical (unpaired) electrons. The fourth-order valence-electron chi connectivity index (χ4n) is 5.84. The van der Waals surface area contributed by atoms with E-state index < -0.39 is 6.10 Å². The van der Waals surface area contributed by atoms with Crippen molar-refractivity contribution in [1.29, 1.82) is 0 Å². The zero-order valence-electron chi connectivity index (χ0n) is 15.1. The Labute approximate surface area is 153 Å². The van der Waals surface area contributed by atoms with Crippen LogP contribution in [0.25, 0.3) is 10.9 Å². The number of piperidine rings is 1. The van der Waals surface area contributed by atoms with E-state index in [0.29, 0.717) is 12.1 Å². The van der Waals surface area contributed by atoms with Crippen molar-refractivity contribution in [2.24, 2.45) is 11.8 Å². The molecule has 26 heavy (non-hydrogen) atoms. The second kappa shape index (κ2) is 6.10. The summed E-state index contributed by atoms with van der Waals surface area (Å²) in [7, 11) is 1.42. The molecular weight excluding hydrogens is 328 g/mol. The van der Waals surface area contributed by atoms with Crippen molar-refractivity contribution in [3.05, 3.63) is 35.5 Å². The summed E-state index contributed by atoms with van der Waals surface area (Å²) in [6.07, 6.45) is 4.16. The molecule has 2 fully saturated rings. The number of aliphatic hydroxyl groups excluding tert-OH is 1. The van der Waals surface area contributed by atoms with Crippen LogP contribution in [0.3, 0.4) is 0 Å². The van der Waals surface area contributed by atoms with Gasteiger partial charge in [0.05, 0.1) is 25.2 Å². The molecule has 5 heteroatoms. The van der Waals surface area contributed by atoms with E-state index in [1.54, 1.807) is 0 Å². The van der Waals surface area contributed by atoms with Crippen molar-refractivity contribution >= 4 is 16.9 Å². The number of methoxy groups -OCH3 is 1. The number of esters is 1. The van der Waals surface area contributed by atoms with Crippen LogP contribution >= 0.6 is 0 Å². The summed E-state index contributed by atoms with van der Waals surface area (Å²) in [6.45, 7) is 1.04. The normalized spacial score (nSPS) is 34.0. The first-order chi connectivity index (χ1) is 12.7. The first-order valence-corrected chi connectivity index (χ1v) is 9.80. The molecule has 2 N–H and O–H groups in total. The molecular formula is C21H26N2O3. The van der Waals surface area contributed by atoms with Crippen LogP contribution < -0.4 is 0 Å². The zero-order valence-corrected chi connectivity index (χ0v) is 15.1.